The molecule has 3 aliphatic rings. The summed E-state index contributed by atoms with van der Waals surface area (Å²) >= 11 is 0. The van der Waals surface area contributed by atoms with Crippen LogP contribution >= 0.6 is 0 Å². The first-order valence-corrected chi connectivity index (χ1v) is 8.70. The zero-order valence-corrected chi connectivity index (χ0v) is 12.8. The van der Waals surface area contributed by atoms with Gasteiger partial charge in [-0.1, -0.05) is 0 Å². The highest BCUT2D eigenvalue weighted by molar-refractivity contribution is 5.28. The van der Waals surface area contributed by atoms with Crippen molar-refractivity contribution < 1.29 is 4.74 Å². The number of pyridine rings is 1. The van der Waals surface area contributed by atoms with Crippen molar-refractivity contribution in [3.63, 3.8) is 0 Å². The summed E-state index contributed by atoms with van der Waals surface area (Å²) in [5.74, 6) is 1.65. The number of nitrogens with zero attached hydrogens (tertiary/aromatic N) is 1. The molecule has 1 spiro atoms. The van der Waals surface area contributed by atoms with Gasteiger partial charge in [-0.15, -0.1) is 0 Å². The molecular weight excluding hydrogens is 260 g/mol. The maximum absolute atomic E-state index is 6.11. The Morgan fingerprint density at radius 3 is 2.81 bits per heavy atom. The summed E-state index contributed by atoms with van der Waals surface area (Å²) in [7, 11) is 0. The Kier molecular flexibility index (Phi) is 3.62. The third kappa shape index (κ3) is 2.80. The Morgan fingerprint density at radius 2 is 2.00 bits per heavy atom. The van der Waals surface area contributed by atoms with Crippen molar-refractivity contribution in [2.24, 2.45) is 0 Å². The van der Waals surface area contributed by atoms with E-state index in [1.54, 1.807) is 0 Å². The molecule has 1 aliphatic heterocycles. The molecular formula is C18H26N2O. The van der Waals surface area contributed by atoms with E-state index >= 15 is 0 Å². The van der Waals surface area contributed by atoms with Crippen molar-refractivity contribution in [1.29, 1.82) is 0 Å². The Labute approximate surface area is 127 Å². The standard InChI is InChI=1S/C18H26N2O/c1-2-5-16(4-1)21-17-10-15(12-19-13-17)14-6-8-18(11-14)7-3-9-20-18/h10,12-14,16,20H,1-9,11H2. The summed E-state index contributed by atoms with van der Waals surface area (Å²) in [6, 6.07) is 2.25. The number of hydrogen-bond donors (Lipinski definition) is 1. The second-order valence-electron chi connectivity index (χ2n) is 7.23. The molecule has 2 saturated carbocycles. The molecule has 1 aromatic rings. The summed E-state index contributed by atoms with van der Waals surface area (Å²) in [4.78, 5) is 4.44. The van der Waals surface area contributed by atoms with Gasteiger partial charge < -0.3 is 10.1 Å². The van der Waals surface area contributed by atoms with Crippen LogP contribution in [0.2, 0.25) is 0 Å². The molecule has 3 nitrogen and oxygen atoms in total. The lowest BCUT2D eigenvalue weighted by Gasteiger charge is -2.24. The maximum atomic E-state index is 6.11. The second-order valence-corrected chi connectivity index (χ2v) is 7.23. The highest BCUT2D eigenvalue weighted by Crippen LogP contribution is 2.45. The molecule has 21 heavy (non-hydrogen) atoms. The Balaban J connectivity index is 1.45. The van der Waals surface area contributed by atoms with Gasteiger partial charge in [-0.05, 0) is 81.9 Å². The van der Waals surface area contributed by atoms with E-state index in [0.717, 1.165) is 5.75 Å². The minimum Gasteiger partial charge on any atom is -0.489 e. The fraction of sp³-hybridized carbons (Fsp3) is 0.722. The Hall–Kier alpha value is -1.09. The minimum atomic E-state index is 0.425. The van der Waals surface area contributed by atoms with Gasteiger partial charge in [-0.3, -0.25) is 4.98 Å². The quantitative estimate of drug-likeness (QED) is 0.918. The van der Waals surface area contributed by atoms with Crippen molar-refractivity contribution in [3.8, 4) is 5.75 Å². The number of ether oxygens (including phenoxy) is 1. The zero-order valence-electron chi connectivity index (χ0n) is 12.8. The van der Waals surface area contributed by atoms with E-state index in [0.29, 0.717) is 17.6 Å². The predicted octanol–water partition coefficient (Wildman–Crippen LogP) is 3.79. The molecule has 2 aliphatic carbocycles. The Morgan fingerprint density at radius 1 is 1.10 bits per heavy atom. The average Bonchev–Trinajstić information content (AvgIpc) is 3.24. The number of hydrogen-bond acceptors (Lipinski definition) is 3. The number of rotatable bonds is 3. The summed E-state index contributed by atoms with van der Waals surface area (Å²) in [6.45, 7) is 1.20. The molecule has 3 fully saturated rings. The molecule has 2 heterocycles. The van der Waals surface area contributed by atoms with Crippen molar-refractivity contribution in [1.82, 2.24) is 10.3 Å². The first-order chi connectivity index (χ1) is 10.3. The summed E-state index contributed by atoms with van der Waals surface area (Å²) < 4.78 is 6.11. The van der Waals surface area contributed by atoms with Crippen molar-refractivity contribution in [2.45, 2.75) is 75.3 Å². The van der Waals surface area contributed by atoms with Crippen LogP contribution in [-0.2, 0) is 0 Å². The van der Waals surface area contributed by atoms with Gasteiger partial charge >= 0.3 is 0 Å². The molecule has 2 unspecified atom stereocenters. The van der Waals surface area contributed by atoms with Gasteiger partial charge in [-0.25, -0.2) is 0 Å². The molecule has 1 aromatic heterocycles. The molecule has 0 bridgehead atoms. The molecule has 1 saturated heterocycles. The third-order valence-electron chi connectivity index (χ3n) is 5.75. The first-order valence-electron chi connectivity index (χ1n) is 8.70. The van der Waals surface area contributed by atoms with E-state index in [2.05, 4.69) is 22.6 Å². The van der Waals surface area contributed by atoms with Crippen LogP contribution in [0.1, 0.15) is 69.3 Å². The smallest absolute Gasteiger partial charge is 0.138 e. The van der Waals surface area contributed by atoms with Gasteiger partial charge in [-0.2, -0.15) is 0 Å². The van der Waals surface area contributed by atoms with Gasteiger partial charge in [0.15, 0.2) is 0 Å². The van der Waals surface area contributed by atoms with Gasteiger partial charge in [0.2, 0.25) is 0 Å². The van der Waals surface area contributed by atoms with E-state index in [1.807, 2.05) is 6.20 Å². The molecule has 3 heteroatoms. The highest BCUT2D eigenvalue weighted by Gasteiger charge is 2.41. The van der Waals surface area contributed by atoms with Crippen molar-refractivity contribution in [3.05, 3.63) is 24.0 Å². The van der Waals surface area contributed by atoms with E-state index in [1.165, 1.54) is 69.9 Å². The van der Waals surface area contributed by atoms with E-state index in [9.17, 15) is 0 Å². The van der Waals surface area contributed by atoms with Crippen molar-refractivity contribution in [2.75, 3.05) is 6.54 Å². The topological polar surface area (TPSA) is 34.2 Å². The van der Waals surface area contributed by atoms with Crippen molar-refractivity contribution >= 4 is 0 Å². The van der Waals surface area contributed by atoms with Crippen LogP contribution < -0.4 is 10.1 Å². The van der Waals surface area contributed by atoms with E-state index in [-0.39, 0.29) is 0 Å². The van der Waals surface area contributed by atoms with E-state index in [4.69, 9.17) is 4.74 Å². The third-order valence-corrected chi connectivity index (χ3v) is 5.75. The molecule has 0 aromatic carbocycles. The van der Waals surface area contributed by atoms with Gasteiger partial charge in [0, 0.05) is 11.7 Å². The van der Waals surface area contributed by atoms with Crippen LogP contribution in [0.4, 0.5) is 0 Å². The lowest BCUT2D eigenvalue weighted by Crippen LogP contribution is -2.36. The summed E-state index contributed by atoms with van der Waals surface area (Å²) in [6.07, 6.45) is 16.0. The molecule has 2 atom stereocenters. The van der Waals surface area contributed by atoms with Crippen LogP contribution in [0.25, 0.3) is 0 Å². The molecule has 0 amide bonds. The Bertz CT molecular complexity index is 490. The summed E-state index contributed by atoms with van der Waals surface area (Å²) in [5, 5.41) is 3.75. The number of nitrogens with one attached hydrogen (secondary N) is 1. The predicted molar refractivity (Wildman–Crippen MR) is 83.7 cm³/mol. The maximum Gasteiger partial charge on any atom is 0.138 e. The number of aromatic nitrogens is 1. The molecule has 0 radical (unpaired) electrons. The van der Waals surface area contributed by atoms with Crippen LogP contribution in [-0.4, -0.2) is 23.2 Å². The molecule has 4 rings (SSSR count). The lowest BCUT2D eigenvalue weighted by atomic mass is 9.92. The average molecular weight is 286 g/mol. The van der Waals surface area contributed by atoms with Crippen LogP contribution in [0, 0.1) is 0 Å². The van der Waals surface area contributed by atoms with Gasteiger partial charge in [0.1, 0.15) is 5.75 Å². The van der Waals surface area contributed by atoms with Crippen LogP contribution in [0.15, 0.2) is 18.5 Å². The fourth-order valence-corrected chi connectivity index (χ4v) is 4.59. The highest BCUT2D eigenvalue weighted by atomic mass is 16.5. The first kappa shape index (κ1) is 13.6. The van der Waals surface area contributed by atoms with Gasteiger partial charge in [0.25, 0.3) is 0 Å². The summed E-state index contributed by atoms with van der Waals surface area (Å²) in [5.41, 5.74) is 1.82. The monoisotopic (exact) mass is 286 g/mol. The second kappa shape index (κ2) is 5.60. The van der Waals surface area contributed by atoms with Gasteiger partial charge in [0.05, 0.1) is 12.3 Å². The molecule has 114 valence electrons. The SMILES string of the molecule is c1ncc(C2CCC3(CCCN3)C2)cc1OC1CCCC1. The zero-order chi connectivity index (χ0) is 14.1. The minimum absolute atomic E-state index is 0.425. The fourth-order valence-electron chi connectivity index (χ4n) is 4.59. The molecule has 1 N–H and O–H groups in total. The van der Waals surface area contributed by atoms with E-state index < -0.39 is 0 Å². The van der Waals surface area contributed by atoms with Crippen LogP contribution in [0.5, 0.6) is 5.75 Å². The van der Waals surface area contributed by atoms with Crippen LogP contribution in [0.3, 0.4) is 0 Å². The normalized spacial score (nSPS) is 33.0. The largest absolute Gasteiger partial charge is 0.489 e. The lowest BCUT2D eigenvalue weighted by molar-refractivity contribution is 0.209.